The first-order chi connectivity index (χ1) is 9.00. The summed E-state index contributed by atoms with van der Waals surface area (Å²) in [6, 6.07) is 4.51. The topological polar surface area (TPSA) is 21.3 Å². The molecule has 1 rings (SSSR count). The van der Waals surface area contributed by atoms with Crippen molar-refractivity contribution in [3.63, 3.8) is 0 Å². The molecule has 0 aliphatic carbocycles. The van der Waals surface area contributed by atoms with E-state index in [0.29, 0.717) is 5.92 Å². The van der Waals surface area contributed by atoms with Crippen molar-refractivity contribution in [1.29, 1.82) is 0 Å². The summed E-state index contributed by atoms with van der Waals surface area (Å²) in [7, 11) is 0. The van der Waals surface area contributed by atoms with E-state index in [9.17, 15) is 0 Å². The van der Waals surface area contributed by atoms with E-state index < -0.39 is 0 Å². The van der Waals surface area contributed by atoms with Crippen molar-refractivity contribution < 1.29 is 4.74 Å². The summed E-state index contributed by atoms with van der Waals surface area (Å²) in [5, 5.41) is 3.39. The molecular weight excluding hydrogens is 234 g/mol. The van der Waals surface area contributed by atoms with Gasteiger partial charge in [0.25, 0.3) is 0 Å². The highest BCUT2D eigenvalue weighted by molar-refractivity contribution is 5.37. The van der Waals surface area contributed by atoms with Gasteiger partial charge in [-0.05, 0) is 56.3 Å². The molecule has 2 nitrogen and oxygen atoms in total. The molecule has 1 N–H and O–H groups in total. The SMILES string of the molecule is Cc1cc(C)c(CCOCCNCC(C)C)c(C)c1. The van der Waals surface area contributed by atoms with Gasteiger partial charge < -0.3 is 10.1 Å². The Hall–Kier alpha value is -0.860. The van der Waals surface area contributed by atoms with Gasteiger partial charge in [-0.25, -0.2) is 0 Å². The third kappa shape index (κ3) is 6.22. The molecule has 0 aliphatic rings. The highest BCUT2D eigenvalue weighted by atomic mass is 16.5. The number of hydrogen-bond donors (Lipinski definition) is 1. The number of benzene rings is 1. The summed E-state index contributed by atoms with van der Waals surface area (Å²) in [4.78, 5) is 0. The summed E-state index contributed by atoms with van der Waals surface area (Å²) in [5.74, 6) is 0.706. The Kier molecular flexibility index (Phi) is 7.11. The summed E-state index contributed by atoms with van der Waals surface area (Å²) in [6.07, 6.45) is 1.02. The van der Waals surface area contributed by atoms with Crippen LogP contribution in [0.2, 0.25) is 0 Å². The van der Waals surface area contributed by atoms with Crippen molar-refractivity contribution in [2.45, 2.75) is 41.0 Å². The predicted octanol–water partition coefficient (Wildman–Crippen LogP) is 3.42. The first-order valence-electron chi connectivity index (χ1n) is 7.36. The Bertz CT molecular complexity index is 362. The van der Waals surface area contributed by atoms with E-state index in [1.807, 2.05) is 0 Å². The molecule has 1 aromatic carbocycles. The molecule has 0 aromatic heterocycles. The zero-order valence-electron chi connectivity index (χ0n) is 13.2. The maximum atomic E-state index is 5.70. The fourth-order valence-corrected chi connectivity index (χ4v) is 2.42. The molecule has 2 heteroatoms. The van der Waals surface area contributed by atoms with Crippen LogP contribution in [-0.4, -0.2) is 26.3 Å². The first-order valence-corrected chi connectivity index (χ1v) is 7.36. The van der Waals surface area contributed by atoms with E-state index in [4.69, 9.17) is 4.74 Å². The van der Waals surface area contributed by atoms with Crippen molar-refractivity contribution in [1.82, 2.24) is 5.32 Å². The molecule has 0 fully saturated rings. The Morgan fingerprint density at radius 1 is 1.05 bits per heavy atom. The zero-order valence-corrected chi connectivity index (χ0v) is 13.2. The van der Waals surface area contributed by atoms with Gasteiger partial charge in [0.2, 0.25) is 0 Å². The maximum absolute atomic E-state index is 5.70. The fraction of sp³-hybridized carbons (Fsp3) is 0.647. The number of aryl methyl sites for hydroxylation is 3. The van der Waals surface area contributed by atoms with Gasteiger partial charge in [0, 0.05) is 6.54 Å². The highest BCUT2D eigenvalue weighted by Gasteiger charge is 2.03. The minimum absolute atomic E-state index is 0.706. The average Bonchev–Trinajstić information content (AvgIpc) is 2.30. The van der Waals surface area contributed by atoms with Crippen LogP contribution in [0.15, 0.2) is 12.1 Å². The van der Waals surface area contributed by atoms with Crippen LogP contribution in [0.1, 0.15) is 36.1 Å². The van der Waals surface area contributed by atoms with Crippen LogP contribution < -0.4 is 5.32 Å². The standard InChI is InChI=1S/C17H29NO/c1-13(2)12-18-7-9-19-8-6-17-15(4)10-14(3)11-16(17)5/h10-11,13,18H,6-9,12H2,1-5H3. The van der Waals surface area contributed by atoms with Gasteiger partial charge in [-0.1, -0.05) is 31.5 Å². The molecule has 19 heavy (non-hydrogen) atoms. The average molecular weight is 263 g/mol. The lowest BCUT2D eigenvalue weighted by molar-refractivity contribution is 0.138. The van der Waals surface area contributed by atoms with Gasteiger partial charge >= 0.3 is 0 Å². The number of rotatable bonds is 8. The van der Waals surface area contributed by atoms with Crippen LogP contribution in [0.4, 0.5) is 0 Å². The second-order valence-electron chi connectivity index (χ2n) is 5.84. The summed E-state index contributed by atoms with van der Waals surface area (Å²) in [5.41, 5.74) is 5.57. The van der Waals surface area contributed by atoms with Crippen molar-refractivity contribution >= 4 is 0 Å². The summed E-state index contributed by atoms with van der Waals surface area (Å²) in [6.45, 7) is 14.6. The minimum atomic E-state index is 0.706. The van der Waals surface area contributed by atoms with Gasteiger partial charge in [-0.15, -0.1) is 0 Å². The minimum Gasteiger partial charge on any atom is -0.380 e. The van der Waals surface area contributed by atoms with E-state index in [1.165, 1.54) is 22.3 Å². The Morgan fingerprint density at radius 2 is 1.68 bits per heavy atom. The van der Waals surface area contributed by atoms with Gasteiger partial charge in [0.1, 0.15) is 0 Å². The van der Waals surface area contributed by atoms with Crippen molar-refractivity contribution in [3.05, 3.63) is 34.4 Å². The van der Waals surface area contributed by atoms with Crippen LogP contribution in [0.5, 0.6) is 0 Å². The van der Waals surface area contributed by atoms with Crippen molar-refractivity contribution in [2.75, 3.05) is 26.3 Å². The fourth-order valence-electron chi connectivity index (χ4n) is 2.42. The molecular formula is C17H29NO. The van der Waals surface area contributed by atoms with Gasteiger partial charge in [-0.3, -0.25) is 0 Å². The second-order valence-corrected chi connectivity index (χ2v) is 5.84. The molecule has 0 aliphatic heterocycles. The number of ether oxygens (including phenoxy) is 1. The molecule has 0 saturated carbocycles. The number of nitrogens with one attached hydrogen (secondary N) is 1. The summed E-state index contributed by atoms with van der Waals surface area (Å²) < 4.78 is 5.70. The zero-order chi connectivity index (χ0) is 14.3. The molecule has 1 aromatic rings. The second kappa shape index (κ2) is 8.34. The number of hydrogen-bond acceptors (Lipinski definition) is 2. The van der Waals surface area contributed by atoms with Crippen LogP contribution in [0.25, 0.3) is 0 Å². The van der Waals surface area contributed by atoms with Crippen LogP contribution in [-0.2, 0) is 11.2 Å². The molecule has 0 amide bonds. The Labute approximate surface area is 118 Å². The van der Waals surface area contributed by atoms with Crippen molar-refractivity contribution in [3.8, 4) is 0 Å². The third-order valence-corrected chi connectivity index (χ3v) is 3.31. The molecule has 0 saturated heterocycles. The van der Waals surface area contributed by atoms with Crippen molar-refractivity contribution in [2.24, 2.45) is 5.92 Å². The predicted molar refractivity (Wildman–Crippen MR) is 82.9 cm³/mol. The third-order valence-electron chi connectivity index (χ3n) is 3.31. The van der Waals surface area contributed by atoms with Gasteiger partial charge in [0.15, 0.2) is 0 Å². The van der Waals surface area contributed by atoms with Gasteiger partial charge in [-0.2, -0.15) is 0 Å². The summed E-state index contributed by atoms with van der Waals surface area (Å²) >= 11 is 0. The molecule has 0 spiro atoms. The van der Waals surface area contributed by atoms with E-state index in [0.717, 1.165) is 32.7 Å². The van der Waals surface area contributed by atoms with E-state index in [-0.39, 0.29) is 0 Å². The van der Waals surface area contributed by atoms with E-state index in [2.05, 4.69) is 52.1 Å². The lowest BCUT2D eigenvalue weighted by atomic mass is 9.98. The lowest BCUT2D eigenvalue weighted by Gasteiger charge is -2.12. The molecule has 0 unspecified atom stereocenters. The normalized spacial score (nSPS) is 11.3. The Balaban J connectivity index is 2.23. The van der Waals surface area contributed by atoms with Gasteiger partial charge in [0.05, 0.1) is 13.2 Å². The highest BCUT2D eigenvalue weighted by Crippen LogP contribution is 2.16. The lowest BCUT2D eigenvalue weighted by Crippen LogP contribution is -2.24. The Morgan fingerprint density at radius 3 is 2.26 bits per heavy atom. The molecule has 0 bridgehead atoms. The van der Waals surface area contributed by atoms with E-state index in [1.54, 1.807) is 0 Å². The molecule has 0 radical (unpaired) electrons. The van der Waals surface area contributed by atoms with Crippen LogP contribution >= 0.6 is 0 Å². The van der Waals surface area contributed by atoms with Crippen LogP contribution in [0.3, 0.4) is 0 Å². The largest absolute Gasteiger partial charge is 0.380 e. The monoisotopic (exact) mass is 263 g/mol. The molecule has 0 heterocycles. The van der Waals surface area contributed by atoms with E-state index >= 15 is 0 Å². The van der Waals surface area contributed by atoms with Crippen LogP contribution in [0, 0.1) is 26.7 Å². The quantitative estimate of drug-likeness (QED) is 0.726. The molecule has 108 valence electrons. The smallest absolute Gasteiger partial charge is 0.0591 e. The molecule has 0 atom stereocenters. The first kappa shape index (κ1) is 16.2. The maximum Gasteiger partial charge on any atom is 0.0591 e.